The average Bonchev–Trinajstić information content (AvgIpc) is 3.40. The lowest BCUT2D eigenvalue weighted by Gasteiger charge is -2.37. The molecule has 0 spiro atoms. The molecule has 0 saturated heterocycles. The van der Waals surface area contributed by atoms with Gasteiger partial charge in [-0.25, -0.2) is 4.98 Å². The maximum Gasteiger partial charge on any atom is 0.277 e. The average molecular weight is 310 g/mol. The molecule has 0 radical (unpaired) electrons. The smallest absolute Gasteiger partial charge is 0.277 e. The number of nitrogens with zero attached hydrogens (tertiary/aromatic N) is 4. The Morgan fingerprint density at radius 2 is 1.91 bits per heavy atom. The van der Waals surface area contributed by atoms with Crippen molar-refractivity contribution in [3.05, 3.63) is 52.7 Å². The van der Waals surface area contributed by atoms with Crippen LogP contribution in [0.4, 0.5) is 11.4 Å². The second-order valence-electron chi connectivity index (χ2n) is 6.09. The lowest BCUT2D eigenvalue weighted by molar-refractivity contribution is 0.0981. The number of hydrogen-bond acceptors (Lipinski definition) is 4. The quantitative estimate of drug-likeness (QED) is 0.841. The Labute approximate surface area is 134 Å². The standard InChI is InChI=1S/C17H18N4O2/c1-19-11-18-13(10-16(19)22)17(23)21-9-8-20(12-6-7-12)14-4-2-3-5-15(14)21/h2-5,10-12H,6-9H2,1H3. The molecular weight excluding hydrogens is 292 g/mol. The van der Waals surface area contributed by atoms with Crippen LogP contribution < -0.4 is 15.4 Å². The highest BCUT2D eigenvalue weighted by molar-refractivity contribution is 6.07. The summed E-state index contributed by atoms with van der Waals surface area (Å²) in [6.07, 6.45) is 3.83. The number of para-hydroxylation sites is 2. The molecule has 0 N–H and O–H groups in total. The fraction of sp³-hybridized carbons (Fsp3) is 0.353. The Balaban J connectivity index is 1.71. The van der Waals surface area contributed by atoms with E-state index in [1.165, 1.54) is 29.8 Å². The van der Waals surface area contributed by atoms with Crippen molar-refractivity contribution in [2.75, 3.05) is 22.9 Å². The largest absolute Gasteiger partial charge is 0.365 e. The number of benzene rings is 1. The molecule has 23 heavy (non-hydrogen) atoms. The first-order valence-electron chi connectivity index (χ1n) is 7.85. The summed E-state index contributed by atoms with van der Waals surface area (Å²) >= 11 is 0. The predicted octanol–water partition coefficient (Wildman–Crippen LogP) is 1.41. The van der Waals surface area contributed by atoms with E-state index in [1.807, 2.05) is 18.2 Å². The summed E-state index contributed by atoms with van der Waals surface area (Å²) < 4.78 is 1.36. The number of anilines is 2. The molecule has 1 amide bonds. The van der Waals surface area contributed by atoms with Gasteiger partial charge in [-0.1, -0.05) is 12.1 Å². The molecule has 0 bridgehead atoms. The zero-order valence-corrected chi connectivity index (χ0v) is 13.0. The second kappa shape index (κ2) is 5.22. The van der Waals surface area contributed by atoms with Crippen LogP contribution in [-0.2, 0) is 7.05 Å². The maximum absolute atomic E-state index is 12.8. The molecule has 1 aliphatic carbocycles. The van der Waals surface area contributed by atoms with Crippen molar-refractivity contribution in [3.8, 4) is 0 Å². The van der Waals surface area contributed by atoms with Gasteiger partial charge in [-0.05, 0) is 25.0 Å². The third-order valence-electron chi connectivity index (χ3n) is 4.48. The van der Waals surface area contributed by atoms with E-state index in [4.69, 9.17) is 0 Å². The molecule has 2 aliphatic rings. The van der Waals surface area contributed by atoms with Crippen molar-refractivity contribution in [1.29, 1.82) is 0 Å². The van der Waals surface area contributed by atoms with Gasteiger partial charge < -0.3 is 14.4 Å². The first kappa shape index (κ1) is 14.0. The van der Waals surface area contributed by atoms with E-state index < -0.39 is 0 Å². The monoisotopic (exact) mass is 310 g/mol. The number of amides is 1. The highest BCUT2D eigenvalue weighted by atomic mass is 16.2. The van der Waals surface area contributed by atoms with Gasteiger partial charge in [0.05, 0.1) is 17.7 Å². The minimum atomic E-state index is -0.228. The van der Waals surface area contributed by atoms with Crippen LogP contribution in [0.25, 0.3) is 0 Å². The highest BCUT2D eigenvalue weighted by Crippen LogP contribution is 2.40. The number of aryl methyl sites for hydroxylation is 1. The summed E-state index contributed by atoms with van der Waals surface area (Å²) in [5.74, 6) is -0.217. The molecule has 0 unspecified atom stereocenters. The van der Waals surface area contributed by atoms with E-state index in [-0.39, 0.29) is 17.2 Å². The van der Waals surface area contributed by atoms with Crippen LogP contribution in [0.3, 0.4) is 0 Å². The fourth-order valence-corrected chi connectivity index (χ4v) is 3.08. The molecular formula is C17H18N4O2. The molecule has 1 aliphatic heterocycles. The molecule has 6 nitrogen and oxygen atoms in total. The van der Waals surface area contributed by atoms with Crippen molar-refractivity contribution in [2.45, 2.75) is 18.9 Å². The number of carbonyl (C=O) groups is 1. The summed E-state index contributed by atoms with van der Waals surface area (Å²) in [5, 5.41) is 0. The summed E-state index contributed by atoms with van der Waals surface area (Å²) in [6.45, 7) is 1.43. The Kier molecular flexibility index (Phi) is 3.18. The lowest BCUT2D eigenvalue weighted by Crippen LogP contribution is -2.45. The molecule has 1 fully saturated rings. The Bertz CT molecular complexity index is 825. The summed E-state index contributed by atoms with van der Waals surface area (Å²) in [5.41, 5.74) is 1.97. The van der Waals surface area contributed by atoms with Crippen molar-refractivity contribution in [2.24, 2.45) is 7.05 Å². The number of rotatable bonds is 2. The highest BCUT2D eigenvalue weighted by Gasteiger charge is 2.35. The van der Waals surface area contributed by atoms with Crippen molar-refractivity contribution < 1.29 is 4.79 Å². The molecule has 1 saturated carbocycles. The van der Waals surface area contributed by atoms with Crippen LogP contribution in [-0.4, -0.2) is 34.6 Å². The maximum atomic E-state index is 12.8. The van der Waals surface area contributed by atoms with E-state index in [9.17, 15) is 9.59 Å². The van der Waals surface area contributed by atoms with Gasteiger partial charge in [-0.3, -0.25) is 9.59 Å². The topological polar surface area (TPSA) is 58.4 Å². The van der Waals surface area contributed by atoms with E-state index in [2.05, 4.69) is 16.0 Å². The molecule has 118 valence electrons. The fourth-order valence-electron chi connectivity index (χ4n) is 3.08. The van der Waals surface area contributed by atoms with Gasteiger partial charge in [0, 0.05) is 32.2 Å². The predicted molar refractivity (Wildman–Crippen MR) is 88.0 cm³/mol. The van der Waals surface area contributed by atoms with Crippen molar-refractivity contribution in [3.63, 3.8) is 0 Å². The summed E-state index contributed by atoms with van der Waals surface area (Å²) in [6, 6.07) is 9.87. The molecule has 0 atom stereocenters. The van der Waals surface area contributed by atoms with Gasteiger partial charge in [-0.2, -0.15) is 0 Å². The first-order chi connectivity index (χ1) is 11.1. The zero-order valence-electron chi connectivity index (χ0n) is 13.0. The summed E-state index contributed by atoms with van der Waals surface area (Å²) in [4.78, 5) is 32.8. The van der Waals surface area contributed by atoms with Crippen molar-refractivity contribution in [1.82, 2.24) is 9.55 Å². The molecule has 1 aromatic carbocycles. The third-order valence-corrected chi connectivity index (χ3v) is 4.48. The Morgan fingerprint density at radius 1 is 1.17 bits per heavy atom. The van der Waals surface area contributed by atoms with Crippen LogP contribution in [0.15, 0.2) is 41.5 Å². The molecule has 2 heterocycles. The van der Waals surface area contributed by atoms with E-state index >= 15 is 0 Å². The van der Waals surface area contributed by atoms with Crippen LogP contribution in [0.5, 0.6) is 0 Å². The minimum absolute atomic E-state index is 0.197. The molecule has 4 rings (SSSR count). The number of carbonyl (C=O) groups excluding carboxylic acids is 1. The first-order valence-corrected chi connectivity index (χ1v) is 7.85. The van der Waals surface area contributed by atoms with Crippen LogP contribution in [0.2, 0.25) is 0 Å². The Hall–Kier alpha value is -2.63. The molecule has 2 aromatic rings. The SMILES string of the molecule is Cn1cnc(C(=O)N2CCN(C3CC3)c3ccccc32)cc1=O. The van der Waals surface area contributed by atoms with Gasteiger partial charge in [-0.15, -0.1) is 0 Å². The van der Waals surface area contributed by atoms with Crippen molar-refractivity contribution >= 4 is 17.3 Å². The van der Waals surface area contributed by atoms with E-state index in [1.54, 1.807) is 11.9 Å². The zero-order chi connectivity index (χ0) is 16.0. The molecule has 6 heteroatoms. The van der Waals surface area contributed by atoms with E-state index in [0.717, 1.165) is 17.9 Å². The van der Waals surface area contributed by atoms with Gasteiger partial charge in [0.25, 0.3) is 11.5 Å². The third kappa shape index (κ3) is 2.40. The Morgan fingerprint density at radius 3 is 2.61 bits per heavy atom. The van der Waals surface area contributed by atoms with Gasteiger partial charge in [0.1, 0.15) is 5.69 Å². The second-order valence-corrected chi connectivity index (χ2v) is 6.09. The van der Waals surface area contributed by atoms with Gasteiger partial charge >= 0.3 is 0 Å². The number of aromatic nitrogens is 2. The number of hydrogen-bond donors (Lipinski definition) is 0. The minimum Gasteiger partial charge on any atom is -0.365 e. The molecule has 1 aromatic heterocycles. The lowest BCUT2D eigenvalue weighted by atomic mass is 10.1. The normalized spacial score (nSPS) is 17.1. The van der Waals surface area contributed by atoms with E-state index in [0.29, 0.717) is 12.6 Å². The van der Waals surface area contributed by atoms with Crippen LogP contribution >= 0.6 is 0 Å². The van der Waals surface area contributed by atoms with Gasteiger partial charge in [0.15, 0.2) is 0 Å². The van der Waals surface area contributed by atoms with Crippen LogP contribution in [0, 0.1) is 0 Å². The van der Waals surface area contributed by atoms with Crippen LogP contribution in [0.1, 0.15) is 23.3 Å². The number of fused-ring (bicyclic) bond motifs is 1. The summed E-state index contributed by atoms with van der Waals surface area (Å²) in [7, 11) is 1.62. The van der Waals surface area contributed by atoms with Gasteiger partial charge in [0.2, 0.25) is 0 Å².